The van der Waals surface area contributed by atoms with Gasteiger partial charge in [-0.25, -0.2) is 9.97 Å². The third-order valence-electron chi connectivity index (χ3n) is 6.76. The van der Waals surface area contributed by atoms with Gasteiger partial charge in [-0.2, -0.15) is 5.10 Å². The second-order valence-corrected chi connectivity index (χ2v) is 9.48. The number of H-pyrrole nitrogens is 1. The maximum Gasteiger partial charge on any atom is 0.139 e. The number of rotatable bonds is 8. The fourth-order valence-corrected chi connectivity index (χ4v) is 4.91. The standard InChI is InChI=1S/C27H33N7/c1-33(2)12-7-13-34(3)27-22-14-20(21-15-29-30-16-21)10-11-25(22)31-26(32-27)24-18-28-17-23(24)19-8-5-4-6-9-19/h4-6,8-11,14-16,23-24,28H,7,12-13,17-18H2,1-3H3,(H,29,30). The molecule has 0 bridgehead atoms. The molecule has 0 saturated carbocycles. The Hall–Kier alpha value is -3.29. The molecule has 1 fully saturated rings. The van der Waals surface area contributed by atoms with Crippen LogP contribution in [0.2, 0.25) is 0 Å². The Morgan fingerprint density at radius 1 is 0.912 bits per heavy atom. The van der Waals surface area contributed by atoms with Crippen molar-refractivity contribution in [1.29, 1.82) is 0 Å². The largest absolute Gasteiger partial charge is 0.359 e. The first-order valence-corrected chi connectivity index (χ1v) is 12.0. The van der Waals surface area contributed by atoms with Crippen LogP contribution in [0.1, 0.15) is 29.6 Å². The Labute approximate surface area is 201 Å². The molecule has 0 radical (unpaired) electrons. The number of nitrogens with one attached hydrogen (secondary N) is 2. The maximum absolute atomic E-state index is 5.22. The average Bonchev–Trinajstić information content (AvgIpc) is 3.56. The lowest BCUT2D eigenvalue weighted by Crippen LogP contribution is -2.25. The van der Waals surface area contributed by atoms with E-state index in [4.69, 9.17) is 9.97 Å². The molecule has 7 heteroatoms. The highest BCUT2D eigenvalue weighted by Gasteiger charge is 2.32. The van der Waals surface area contributed by atoms with E-state index in [1.165, 1.54) is 5.56 Å². The van der Waals surface area contributed by atoms with Gasteiger partial charge in [-0.3, -0.25) is 5.10 Å². The molecule has 34 heavy (non-hydrogen) atoms. The molecule has 3 heterocycles. The molecule has 0 amide bonds. The lowest BCUT2D eigenvalue weighted by Gasteiger charge is -2.24. The topological polar surface area (TPSA) is 73.0 Å². The van der Waals surface area contributed by atoms with Crippen molar-refractivity contribution >= 4 is 16.7 Å². The van der Waals surface area contributed by atoms with Gasteiger partial charge in [-0.05, 0) is 50.3 Å². The molecule has 1 aliphatic rings. The molecule has 2 aromatic carbocycles. The summed E-state index contributed by atoms with van der Waals surface area (Å²) < 4.78 is 0. The Bertz CT molecular complexity index is 1220. The van der Waals surface area contributed by atoms with Crippen LogP contribution in [0, 0.1) is 0 Å². The SMILES string of the molecule is CN(C)CCCN(C)c1nc(C2CNCC2c2ccccc2)nc2ccc(-c3cn[nH]c3)cc12. The molecule has 176 valence electrons. The molecular formula is C27H33N7. The Kier molecular flexibility index (Phi) is 6.56. The minimum atomic E-state index is 0.245. The first kappa shape index (κ1) is 22.5. The number of hydrogen-bond acceptors (Lipinski definition) is 6. The molecule has 0 spiro atoms. The van der Waals surface area contributed by atoms with Gasteiger partial charge in [0.15, 0.2) is 0 Å². The van der Waals surface area contributed by atoms with Gasteiger partial charge in [0.05, 0.1) is 11.7 Å². The molecule has 2 aromatic heterocycles. The quantitative estimate of drug-likeness (QED) is 0.420. The number of hydrogen-bond donors (Lipinski definition) is 2. The van der Waals surface area contributed by atoms with Gasteiger partial charge in [0.1, 0.15) is 11.6 Å². The highest BCUT2D eigenvalue weighted by atomic mass is 15.2. The molecule has 1 saturated heterocycles. The summed E-state index contributed by atoms with van der Waals surface area (Å²) in [4.78, 5) is 14.8. The number of aromatic amines is 1. The average molecular weight is 456 g/mol. The van der Waals surface area contributed by atoms with E-state index in [0.717, 1.165) is 66.3 Å². The summed E-state index contributed by atoms with van der Waals surface area (Å²) in [6, 6.07) is 17.2. The summed E-state index contributed by atoms with van der Waals surface area (Å²) in [5.74, 6) is 2.55. The normalized spacial score (nSPS) is 18.1. The van der Waals surface area contributed by atoms with Crippen LogP contribution in [0.5, 0.6) is 0 Å². The molecule has 7 nitrogen and oxygen atoms in total. The van der Waals surface area contributed by atoms with Gasteiger partial charge in [0.25, 0.3) is 0 Å². The van der Waals surface area contributed by atoms with Crippen LogP contribution in [-0.4, -0.2) is 72.4 Å². The summed E-state index contributed by atoms with van der Waals surface area (Å²) >= 11 is 0. The van der Waals surface area contributed by atoms with Crippen LogP contribution in [-0.2, 0) is 0 Å². The molecule has 5 rings (SSSR count). The third-order valence-corrected chi connectivity index (χ3v) is 6.76. The van der Waals surface area contributed by atoms with E-state index < -0.39 is 0 Å². The number of benzene rings is 2. The molecule has 1 aliphatic heterocycles. The Morgan fingerprint density at radius 3 is 2.50 bits per heavy atom. The van der Waals surface area contributed by atoms with E-state index in [-0.39, 0.29) is 5.92 Å². The van der Waals surface area contributed by atoms with Crippen molar-refractivity contribution in [2.24, 2.45) is 0 Å². The highest BCUT2D eigenvalue weighted by Crippen LogP contribution is 2.37. The highest BCUT2D eigenvalue weighted by molar-refractivity contribution is 5.93. The predicted octanol–water partition coefficient (Wildman–Crippen LogP) is 3.88. The minimum absolute atomic E-state index is 0.245. The Morgan fingerprint density at radius 2 is 1.74 bits per heavy atom. The number of fused-ring (bicyclic) bond motifs is 1. The van der Waals surface area contributed by atoms with Gasteiger partial charge < -0.3 is 15.1 Å². The van der Waals surface area contributed by atoms with Crippen LogP contribution in [0.3, 0.4) is 0 Å². The van der Waals surface area contributed by atoms with Gasteiger partial charge in [0, 0.05) is 55.7 Å². The summed E-state index contributed by atoms with van der Waals surface area (Å²) in [5.41, 5.74) is 4.52. The van der Waals surface area contributed by atoms with Crippen molar-refractivity contribution in [3.63, 3.8) is 0 Å². The van der Waals surface area contributed by atoms with Crippen LogP contribution >= 0.6 is 0 Å². The van der Waals surface area contributed by atoms with Crippen LogP contribution < -0.4 is 10.2 Å². The maximum atomic E-state index is 5.22. The first-order chi connectivity index (χ1) is 16.6. The summed E-state index contributed by atoms with van der Waals surface area (Å²) in [5, 5.41) is 11.7. The third kappa shape index (κ3) is 4.67. The van der Waals surface area contributed by atoms with Crippen LogP contribution in [0.15, 0.2) is 60.9 Å². The monoisotopic (exact) mass is 455 g/mol. The minimum Gasteiger partial charge on any atom is -0.359 e. The first-order valence-electron chi connectivity index (χ1n) is 12.0. The zero-order chi connectivity index (χ0) is 23.5. The van der Waals surface area contributed by atoms with E-state index in [9.17, 15) is 0 Å². The van der Waals surface area contributed by atoms with Crippen molar-refractivity contribution in [3.8, 4) is 11.1 Å². The summed E-state index contributed by atoms with van der Waals surface area (Å²) in [6.07, 6.45) is 4.85. The van der Waals surface area contributed by atoms with Crippen LogP contribution in [0.4, 0.5) is 5.82 Å². The van der Waals surface area contributed by atoms with E-state index in [1.807, 2.05) is 12.4 Å². The van der Waals surface area contributed by atoms with Crippen molar-refractivity contribution in [3.05, 3.63) is 72.3 Å². The van der Waals surface area contributed by atoms with E-state index in [2.05, 4.69) is 95.0 Å². The molecule has 2 unspecified atom stereocenters. The second-order valence-electron chi connectivity index (χ2n) is 9.48. The van der Waals surface area contributed by atoms with Crippen molar-refractivity contribution in [1.82, 2.24) is 30.4 Å². The number of anilines is 1. The fourth-order valence-electron chi connectivity index (χ4n) is 4.91. The number of nitrogens with zero attached hydrogens (tertiary/aromatic N) is 5. The molecule has 2 atom stereocenters. The smallest absolute Gasteiger partial charge is 0.139 e. The van der Waals surface area contributed by atoms with Crippen molar-refractivity contribution in [2.45, 2.75) is 18.3 Å². The summed E-state index contributed by atoms with van der Waals surface area (Å²) in [7, 11) is 6.38. The van der Waals surface area contributed by atoms with E-state index >= 15 is 0 Å². The zero-order valence-electron chi connectivity index (χ0n) is 20.2. The van der Waals surface area contributed by atoms with E-state index in [1.54, 1.807) is 0 Å². The predicted molar refractivity (Wildman–Crippen MR) is 138 cm³/mol. The second kappa shape index (κ2) is 9.91. The summed E-state index contributed by atoms with van der Waals surface area (Å²) in [6.45, 7) is 3.82. The van der Waals surface area contributed by atoms with Crippen molar-refractivity contribution < 1.29 is 0 Å². The molecule has 2 N–H and O–H groups in total. The van der Waals surface area contributed by atoms with E-state index in [0.29, 0.717) is 5.92 Å². The van der Waals surface area contributed by atoms with Gasteiger partial charge in [0.2, 0.25) is 0 Å². The molecule has 0 aliphatic carbocycles. The lowest BCUT2D eigenvalue weighted by molar-refractivity contribution is 0.401. The van der Waals surface area contributed by atoms with Gasteiger partial charge in [-0.15, -0.1) is 0 Å². The Balaban J connectivity index is 1.56. The number of aromatic nitrogens is 4. The van der Waals surface area contributed by atoms with Gasteiger partial charge in [-0.1, -0.05) is 36.4 Å². The van der Waals surface area contributed by atoms with Crippen molar-refractivity contribution in [2.75, 3.05) is 52.2 Å². The van der Waals surface area contributed by atoms with Crippen LogP contribution in [0.25, 0.3) is 22.0 Å². The van der Waals surface area contributed by atoms with Gasteiger partial charge >= 0.3 is 0 Å². The molecule has 4 aromatic rings. The molecular weight excluding hydrogens is 422 g/mol. The zero-order valence-corrected chi connectivity index (χ0v) is 20.2. The fraction of sp³-hybridized carbons (Fsp3) is 0.370. The lowest BCUT2D eigenvalue weighted by atomic mass is 9.88.